The molecule has 152 valence electrons. The number of nitrogens with two attached hydrogens (primary N) is 1. The van der Waals surface area contributed by atoms with Gasteiger partial charge in [0.15, 0.2) is 0 Å². The van der Waals surface area contributed by atoms with Gasteiger partial charge in [-0.2, -0.15) is 5.26 Å². The molecule has 1 unspecified atom stereocenters. The highest BCUT2D eigenvalue weighted by Crippen LogP contribution is 2.25. The molecule has 1 atom stereocenters. The number of halogens is 1. The van der Waals surface area contributed by atoms with Crippen LogP contribution in [0.1, 0.15) is 23.0 Å². The largest absolute Gasteiger partial charge is 0.488 e. The third kappa shape index (κ3) is 5.42. The van der Waals surface area contributed by atoms with Crippen LogP contribution in [0.2, 0.25) is 0 Å². The topological polar surface area (TPSA) is 123 Å². The molecule has 3 aromatic rings. The number of ether oxygens (including phenoxy) is 2. The third-order valence-corrected chi connectivity index (χ3v) is 3.89. The van der Waals surface area contributed by atoms with Gasteiger partial charge >= 0.3 is 0 Å². The van der Waals surface area contributed by atoms with Gasteiger partial charge in [-0.15, -0.1) is 0 Å². The maximum absolute atomic E-state index is 13.0. The van der Waals surface area contributed by atoms with E-state index >= 15 is 0 Å². The summed E-state index contributed by atoms with van der Waals surface area (Å²) >= 11 is 0. The van der Waals surface area contributed by atoms with E-state index in [2.05, 4.69) is 21.4 Å². The monoisotopic (exact) mass is 407 g/mol. The highest BCUT2D eigenvalue weighted by atomic mass is 19.1. The summed E-state index contributed by atoms with van der Waals surface area (Å²) in [5.41, 5.74) is 6.19. The molecule has 0 radical (unpaired) electrons. The summed E-state index contributed by atoms with van der Waals surface area (Å²) in [7, 11) is 0. The van der Waals surface area contributed by atoms with E-state index in [1.54, 1.807) is 25.1 Å². The van der Waals surface area contributed by atoms with Gasteiger partial charge in [0.2, 0.25) is 5.95 Å². The third-order valence-electron chi connectivity index (χ3n) is 3.89. The van der Waals surface area contributed by atoms with Crippen molar-refractivity contribution in [3.8, 4) is 17.6 Å². The molecular formula is C21H18FN5O3. The maximum Gasteiger partial charge on any atom is 0.267 e. The van der Waals surface area contributed by atoms with E-state index in [9.17, 15) is 14.4 Å². The van der Waals surface area contributed by atoms with Crippen LogP contribution in [0.3, 0.4) is 0 Å². The summed E-state index contributed by atoms with van der Waals surface area (Å²) in [6, 6.07) is 14.0. The quantitative estimate of drug-likeness (QED) is 0.588. The molecule has 1 aromatic heterocycles. The van der Waals surface area contributed by atoms with Crippen LogP contribution in [0, 0.1) is 17.1 Å². The van der Waals surface area contributed by atoms with Crippen LogP contribution in [0.4, 0.5) is 16.0 Å². The molecule has 0 aliphatic heterocycles. The van der Waals surface area contributed by atoms with Gasteiger partial charge in [-0.25, -0.2) is 14.4 Å². The number of carbonyl (C=O) groups is 1. The van der Waals surface area contributed by atoms with Gasteiger partial charge in [0.05, 0.1) is 5.56 Å². The number of aromatic nitrogens is 2. The first-order valence-corrected chi connectivity index (χ1v) is 8.93. The van der Waals surface area contributed by atoms with Crippen LogP contribution in [-0.2, 0) is 0 Å². The van der Waals surface area contributed by atoms with Gasteiger partial charge in [-0.3, -0.25) is 4.79 Å². The van der Waals surface area contributed by atoms with E-state index in [1.165, 1.54) is 36.5 Å². The van der Waals surface area contributed by atoms with Crippen LogP contribution in [-0.4, -0.2) is 28.6 Å². The van der Waals surface area contributed by atoms with Crippen LogP contribution in [0.15, 0.2) is 54.7 Å². The Balaban J connectivity index is 1.68. The molecule has 0 saturated heterocycles. The lowest BCUT2D eigenvalue weighted by Crippen LogP contribution is -2.21. The molecule has 8 nitrogen and oxygen atoms in total. The van der Waals surface area contributed by atoms with Crippen molar-refractivity contribution in [3.63, 3.8) is 0 Å². The van der Waals surface area contributed by atoms with Crippen molar-refractivity contribution in [2.75, 3.05) is 11.9 Å². The molecule has 0 spiro atoms. The number of primary amides is 1. The minimum Gasteiger partial charge on any atom is -0.488 e. The van der Waals surface area contributed by atoms with Crippen LogP contribution in [0.5, 0.6) is 11.5 Å². The Labute approximate surface area is 172 Å². The molecule has 0 aliphatic carbocycles. The summed E-state index contributed by atoms with van der Waals surface area (Å²) in [6.07, 6.45) is 1.06. The summed E-state index contributed by atoms with van der Waals surface area (Å²) in [6.45, 7) is 1.95. The highest BCUT2D eigenvalue weighted by molar-refractivity contribution is 5.90. The minimum atomic E-state index is -0.667. The molecular weight excluding hydrogens is 389 g/mol. The number of amides is 1. The summed E-state index contributed by atoms with van der Waals surface area (Å²) < 4.78 is 24.4. The van der Waals surface area contributed by atoms with Gasteiger partial charge in [0.1, 0.15) is 41.8 Å². The summed E-state index contributed by atoms with van der Waals surface area (Å²) in [5.74, 6) is 0.00649. The Morgan fingerprint density at radius 3 is 2.73 bits per heavy atom. The van der Waals surface area contributed by atoms with E-state index in [0.29, 0.717) is 22.7 Å². The van der Waals surface area contributed by atoms with Gasteiger partial charge in [0.25, 0.3) is 5.91 Å². The fraction of sp³-hybridized carbons (Fsp3) is 0.143. The Morgan fingerprint density at radius 2 is 2.03 bits per heavy atom. The summed E-state index contributed by atoms with van der Waals surface area (Å²) in [5, 5.41) is 12.3. The van der Waals surface area contributed by atoms with Gasteiger partial charge in [0, 0.05) is 18.0 Å². The van der Waals surface area contributed by atoms with E-state index < -0.39 is 5.91 Å². The van der Waals surface area contributed by atoms with Gasteiger partial charge in [-0.1, -0.05) is 0 Å². The first-order chi connectivity index (χ1) is 14.4. The molecule has 3 N–H and O–H groups in total. The molecule has 0 aliphatic rings. The average Bonchev–Trinajstić information content (AvgIpc) is 2.74. The lowest BCUT2D eigenvalue weighted by atomic mass is 10.2. The zero-order valence-corrected chi connectivity index (χ0v) is 16.0. The van der Waals surface area contributed by atoms with Crippen molar-refractivity contribution in [1.29, 1.82) is 5.26 Å². The number of hydrogen-bond acceptors (Lipinski definition) is 7. The zero-order chi connectivity index (χ0) is 21.5. The fourth-order valence-corrected chi connectivity index (χ4v) is 2.48. The van der Waals surface area contributed by atoms with Crippen molar-refractivity contribution in [2.45, 2.75) is 13.0 Å². The predicted molar refractivity (Wildman–Crippen MR) is 107 cm³/mol. The molecule has 0 fully saturated rings. The van der Waals surface area contributed by atoms with E-state index in [0.717, 1.165) is 0 Å². The normalized spacial score (nSPS) is 11.2. The first-order valence-electron chi connectivity index (χ1n) is 8.93. The van der Waals surface area contributed by atoms with E-state index in [1.807, 2.05) is 0 Å². The Kier molecular flexibility index (Phi) is 6.39. The Bertz CT molecular complexity index is 1080. The summed E-state index contributed by atoms with van der Waals surface area (Å²) in [4.78, 5) is 19.3. The van der Waals surface area contributed by atoms with Crippen LogP contribution < -0.4 is 20.5 Å². The fourth-order valence-electron chi connectivity index (χ4n) is 2.48. The second-order valence-electron chi connectivity index (χ2n) is 6.27. The average molecular weight is 407 g/mol. The molecule has 2 aromatic carbocycles. The van der Waals surface area contributed by atoms with Crippen molar-refractivity contribution in [1.82, 2.24) is 9.97 Å². The van der Waals surface area contributed by atoms with E-state index in [-0.39, 0.29) is 30.2 Å². The van der Waals surface area contributed by atoms with Crippen LogP contribution in [0.25, 0.3) is 0 Å². The second-order valence-corrected chi connectivity index (χ2v) is 6.27. The lowest BCUT2D eigenvalue weighted by Gasteiger charge is -2.17. The zero-order valence-electron chi connectivity index (χ0n) is 16.0. The molecule has 9 heteroatoms. The minimum absolute atomic E-state index is 0.0735. The Hall–Kier alpha value is -4.19. The van der Waals surface area contributed by atoms with Gasteiger partial charge < -0.3 is 20.5 Å². The van der Waals surface area contributed by atoms with Crippen molar-refractivity contribution in [3.05, 3.63) is 71.8 Å². The number of nitriles is 1. The molecule has 30 heavy (non-hydrogen) atoms. The molecule has 0 saturated carbocycles. The predicted octanol–water partition coefficient (Wildman–Crippen LogP) is 3.18. The maximum atomic E-state index is 13.0. The smallest absolute Gasteiger partial charge is 0.267 e. The van der Waals surface area contributed by atoms with E-state index in [4.69, 9.17) is 15.2 Å². The van der Waals surface area contributed by atoms with Crippen LogP contribution >= 0.6 is 0 Å². The standard InChI is InChI=1S/C21H18FN5O3/c1-13(30-17-6-3-15(22)4-7-17)12-29-19-10-16(5-2-14(19)11-23)26-21-25-9-8-18(27-21)20(24)28/h2-10,13H,12H2,1H3,(H2,24,28)(H,25,26,27). The number of rotatable bonds is 8. The molecule has 3 rings (SSSR count). The molecule has 0 bridgehead atoms. The number of nitrogens with zero attached hydrogens (tertiary/aromatic N) is 3. The number of nitrogens with one attached hydrogen (secondary N) is 1. The highest BCUT2D eigenvalue weighted by Gasteiger charge is 2.11. The lowest BCUT2D eigenvalue weighted by molar-refractivity contribution is 0.0995. The molecule has 1 heterocycles. The van der Waals surface area contributed by atoms with Crippen molar-refractivity contribution in [2.24, 2.45) is 5.73 Å². The number of anilines is 2. The van der Waals surface area contributed by atoms with Crippen molar-refractivity contribution >= 4 is 17.5 Å². The first kappa shape index (κ1) is 20.5. The Morgan fingerprint density at radius 1 is 1.27 bits per heavy atom. The second kappa shape index (κ2) is 9.34. The molecule has 1 amide bonds. The number of carbonyl (C=O) groups excluding carboxylic acids is 1. The number of hydrogen-bond donors (Lipinski definition) is 2. The number of benzene rings is 2. The SMILES string of the molecule is CC(COc1cc(Nc2nccc(C(N)=O)n2)ccc1C#N)Oc1ccc(F)cc1. The van der Waals surface area contributed by atoms with Gasteiger partial charge in [-0.05, 0) is 49.4 Å². The van der Waals surface area contributed by atoms with Crippen molar-refractivity contribution < 1.29 is 18.7 Å².